The van der Waals surface area contributed by atoms with Crippen LogP contribution in [0.5, 0.6) is 0 Å². The lowest BCUT2D eigenvalue weighted by atomic mass is 9.65. The molecule has 0 aliphatic heterocycles. The van der Waals surface area contributed by atoms with E-state index < -0.39 is 5.41 Å². The van der Waals surface area contributed by atoms with E-state index in [1.165, 1.54) is 160 Å². The second-order valence-corrected chi connectivity index (χ2v) is 31.4. The second-order valence-electron chi connectivity index (χ2n) is 31.4. The number of para-hydroxylation sites is 3. The van der Waals surface area contributed by atoms with Crippen molar-refractivity contribution >= 4 is 87.2 Å². The average Bonchev–Trinajstić information content (AvgIpc) is 1.50. The molecule has 0 radical (unpaired) electrons. The number of hydrogen-bond donors (Lipinski definition) is 0. The Bertz CT molecular complexity index is 7780. The molecule has 23 rings (SSSR count). The lowest BCUT2D eigenvalue weighted by Gasteiger charge is -2.37. The monoisotopic (exact) mass is 1540 g/mol. The maximum atomic E-state index is 9.39. The van der Waals surface area contributed by atoms with Crippen LogP contribution in [0.2, 0.25) is 0 Å². The van der Waals surface area contributed by atoms with E-state index in [0.29, 0.717) is 5.56 Å². The molecule has 5 heteroatoms. The number of nitriles is 1. The summed E-state index contributed by atoms with van der Waals surface area (Å²) in [5.41, 5.74) is 33.1. The highest BCUT2D eigenvalue weighted by atomic mass is 15.0. The summed E-state index contributed by atoms with van der Waals surface area (Å²) in [6.45, 7) is 0. The molecule has 0 aliphatic rings. The topological polar surface area (TPSA) is 43.5 Å². The summed E-state index contributed by atoms with van der Waals surface area (Å²) < 4.78 is 9.61. The normalized spacial score (nSPS) is 11.6. The summed E-state index contributed by atoms with van der Waals surface area (Å²) in [6, 6.07) is 172. The zero-order valence-corrected chi connectivity index (χ0v) is 66.2. The molecule has 0 saturated heterocycles. The number of benzene rings is 19. The smallest absolute Gasteiger partial charge is 0.0991 e. The van der Waals surface area contributed by atoms with E-state index in [4.69, 9.17) is 0 Å². The number of rotatable bonds is 14. The van der Waals surface area contributed by atoms with Crippen molar-refractivity contribution in [3.63, 3.8) is 0 Å². The molecule has 0 aliphatic carbocycles. The predicted octanol–water partition coefficient (Wildman–Crippen LogP) is 30.0. The van der Waals surface area contributed by atoms with Gasteiger partial charge in [0, 0.05) is 65.8 Å². The van der Waals surface area contributed by atoms with Gasteiger partial charge in [-0.15, -0.1) is 0 Å². The molecule has 121 heavy (non-hydrogen) atoms. The SMILES string of the molecule is N#Cc1cccc(-c2ccc(-n3c4ccccc4c4cc(-c5ccc6c(c5)c5ccccc5n6-c5ccc(-c6ccccc6)cc5)ccc43)cc2)c1.c1ccc(-c2ccc(-n3c4ccccc4c4cc(-c5ccc6c(c5)c5ccc(C(c7ccccc7)(c7ccccc7)c7ccccc7)cc5n6-c5ccc(-c6ccccc6)cc5)ccc43)cc2)cc1. The molecule has 566 valence electrons. The largest absolute Gasteiger partial charge is 0.309 e. The van der Waals surface area contributed by atoms with Gasteiger partial charge in [-0.05, 0) is 222 Å². The van der Waals surface area contributed by atoms with Gasteiger partial charge in [-0.25, -0.2) is 0 Å². The van der Waals surface area contributed by atoms with Crippen LogP contribution in [0.1, 0.15) is 27.8 Å². The first-order chi connectivity index (χ1) is 59.9. The highest BCUT2D eigenvalue weighted by Gasteiger charge is 2.39. The third kappa shape index (κ3) is 12.5. The Labute approximate surface area is 701 Å². The molecule has 0 saturated carbocycles. The van der Waals surface area contributed by atoms with E-state index in [1.807, 2.05) is 18.2 Å². The standard InChI is InChI=1S/C67H46N2.C49H31N3/c1-6-18-47(19-7-1)49-30-37-57(38-31-49)68-63-29-17-16-28-59(63)61-44-51(34-42-64(61)68)52-35-43-65-62(45-52)60-41-36-56(46-66(60)69(65)58-39-32-50(33-40-58)48-20-8-2-9-21-48)67(53-22-10-3-11-23-53,54-24-12-4-13-25-54)55-26-14-5-15-27-55;50-32-33-9-8-12-37(29-33)36-19-25-41(26-20-36)52-47-16-7-5-14-43(47)45-31-39(22-28-49(45)52)38-21-27-48-44(30-38)42-13-4-6-15-46(42)51(48)40-23-17-35(18-24-40)34-10-2-1-3-11-34/h1-46H;1-31H. The fraction of sp³-hybridized carbons (Fsp3) is 0.00862. The van der Waals surface area contributed by atoms with Gasteiger partial charge in [-0.1, -0.05) is 334 Å². The van der Waals surface area contributed by atoms with Gasteiger partial charge in [0.2, 0.25) is 0 Å². The summed E-state index contributed by atoms with van der Waals surface area (Å²) in [4.78, 5) is 0. The maximum Gasteiger partial charge on any atom is 0.0991 e. The number of hydrogen-bond acceptors (Lipinski definition) is 1. The molecular weight excluding hydrogens is 1460 g/mol. The molecule has 0 N–H and O–H groups in total. The summed E-state index contributed by atoms with van der Waals surface area (Å²) in [6.07, 6.45) is 0. The quantitative estimate of drug-likeness (QED) is 0.100. The molecule has 0 fully saturated rings. The zero-order valence-electron chi connectivity index (χ0n) is 66.2. The van der Waals surface area contributed by atoms with Gasteiger partial charge in [0.25, 0.3) is 0 Å². The van der Waals surface area contributed by atoms with E-state index >= 15 is 0 Å². The minimum Gasteiger partial charge on any atom is -0.309 e. The van der Waals surface area contributed by atoms with Gasteiger partial charge in [0.15, 0.2) is 0 Å². The van der Waals surface area contributed by atoms with Crippen LogP contribution in [0, 0.1) is 11.3 Å². The van der Waals surface area contributed by atoms with Crippen LogP contribution in [0.3, 0.4) is 0 Å². The van der Waals surface area contributed by atoms with Crippen LogP contribution < -0.4 is 0 Å². The van der Waals surface area contributed by atoms with Crippen molar-refractivity contribution in [3.05, 3.63) is 495 Å². The molecule has 0 atom stereocenters. The number of aromatic nitrogens is 4. The summed E-state index contributed by atoms with van der Waals surface area (Å²) in [7, 11) is 0. The van der Waals surface area contributed by atoms with Gasteiger partial charge < -0.3 is 18.3 Å². The van der Waals surface area contributed by atoms with Gasteiger partial charge in [-0.2, -0.15) is 5.26 Å². The third-order valence-corrected chi connectivity index (χ3v) is 24.7. The second kappa shape index (κ2) is 30.2. The molecule has 4 aromatic heterocycles. The van der Waals surface area contributed by atoms with Crippen LogP contribution in [-0.4, -0.2) is 18.3 Å². The summed E-state index contributed by atoms with van der Waals surface area (Å²) >= 11 is 0. The van der Waals surface area contributed by atoms with Crippen LogP contribution >= 0.6 is 0 Å². The molecule has 0 amide bonds. The Kier molecular flexibility index (Phi) is 17.8. The van der Waals surface area contributed by atoms with Gasteiger partial charge in [0.1, 0.15) is 0 Å². The maximum absolute atomic E-state index is 9.39. The Balaban J connectivity index is 0.000000151. The minimum atomic E-state index is -0.583. The fourth-order valence-electron chi connectivity index (χ4n) is 18.9. The lowest BCUT2D eigenvalue weighted by molar-refractivity contribution is 0.746. The van der Waals surface area contributed by atoms with E-state index in [9.17, 15) is 5.26 Å². The first kappa shape index (κ1) is 71.4. The number of nitrogens with zero attached hydrogens (tertiary/aromatic N) is 5. The molecule has 19 aromatic carbocycles. The van der Waals surface area contributed by atoms with Crippen molar-refractivity contribution in [1.82, 2.24) is 18.3 Å². The molecule has 4 heterocycles. The fourth-order valence-corrected chi connectivity index (χ4v) is 18.9. The first-order valence-electron chi connectivity index (χ1n) is 41.4. The van der Waals surface area contributed by atoms with Gasteiger partial charge in [0.05, 0.1) is 61.2 Å². The predicted molar refractivity (Wildman–Crippen MR) is 506 cm³/mol. The molecule has 0 unspecified atom stereocenters. The highest BCUT2D eigenvalue weighted by molar-refractivity contribution is 6.15. The van der Waals surface area contributed by atoms with Gasteiger partial charge in [-0.3, -0.25) is 0 Å². The van der Waals surface area contributed by atoms with Crippen LogP contribution in [0.4, 0.5) is 0 Å². The van der Waals surface area contributed by atoms with Crippen molar-refractivity contribution < 1.29 is 0 Å². The van der Waals surface area contributed by atoms with E-state index in [2.05, 4.69) is 473 Å². The van der Waals surface area contributed by atoms with Crippen molar-refractivity contribution in [2.24, 2.45) is 0 Å². The summed E-state index contributed by atoms with van der Waals surface area (Å²) in [5, 5.41) is 19.2. The molecule has 23 aromatic rings. The van der Waals surface area contributed by atoms with E-state index in [1.54, 1.807) is 0 Å². The van der Waals surface area contributed by atoms with Crippen molar-refractivity contribution in [1.29, 1.82) is 5.26 Å². The van der Waals surface area contributed by atoms with Crippen LogP contribution in [0.15, 0.2) is 467 Å². The molecule has 5 nitrogen and oxygen atoms in total. The first-order valence-corrected chi connectivity index (χ1v) is 41.4. The summed E-state index contributed by atoms with van der Waals surface area (Å²) in [5.74, 6) is 0. The Morgan fingerprint density at radius 3 is 0.719 bits per heavy atom. The molecular formula is C116H77N5. The molecule has 0 spiro atoms. The van der Waals surface area contributed by atoms with Crippen molar-refractivity contribution in [2.75, 3.05) is 0 Å². The van der Waals surface area contributed by atoms with E-state index in [0.717, 1.165) is 39.4 Å². The molecule has 0 bridgehead atoms. The Morgan fingerprint density at radius 2 is 0.397 bits per heavy atom. The average molecular weight is 1540 g/mol. The van der Waals surface area contributed by atoms with Crippen LogP contribution in [-0.2, 0) is 5.41 Å². The third-order valence-electron chi connectivity index (χ3n) is 24.7. The highest BCUT2D eigenvalue weighted by Crippen LogP contribution is 2.49. The van der Waals surface area contributed by atoms with Crippen molar-refractivity contribution in [2.45, 2.75) is 5.41 Å². The zero-order chi connectivity index (χ0) is 80.3. The van der Waals surface area contributed by atoms with Gasteiger partial charge >= 0.3 is 0 Å². The number of fused-ring (bicyclic) bond motifs is 12. The Morgan fingerprint density at radius 1 is 0.157 bits per heavy atom. The minimum absolute atomic E-state index is 0.583. The van der Waals surface area contributed by atoms with Crippen LogP contribution in [0.25, 0.3) is 177 Å². The Hall–Kier alpha value is -16.1. The van der Waals surface area contributed by atoms with Crippen molar-refractivity contribution in [3.8, 4) is 95.6 Å². The van der Waals surface area contributed by atoms with E-state index in [-0.39, 0.29) is 0 Å². The lowest BCUT2D eigenvalue weighted by Crippen LogP contribution is -2.31.